The van der Waals surface area contributed by atoms with Gasteiger partial charge in [0.1, 0.15) is 11.9 Å². The van der Waals surface area contributed by atoms with Crippen LogP contribution >= 0.6 is 11.6 Å². The minimum atomic E-state index is -1.70. The molecule has 2 aliphatic rings. The molecule has 1 fully saturated rings. The maximum Gasteiger partial charge on any atom is 0.511 e. The fourth-order valence-corrected chi connectivity index (χ4v) is 5.32. The van der Waals surface area contributed by atoms with E-state index in [-0.39, 0.29) is 18.9 Å². The molecule has 12 nitrogen and oxygen atoms in total. The van der Waals surface area contributed by atoms with Gasteiger partial charge >= 0.3 is 12.1 Å². The molecule has 1 heterocycles. The SMILES string of the molecule is CC(OC(=O)OC1CCCCC1)OC(=O)[C@H](O)C[C@@H](Cc1ccc(-c2cc(Cl)ccc2F)cc1)NC(=O)C1NN=[N+]([O-])C1C. The van der Waals surface area contributed by atoms with Crippen LogP contribution in [0.25, 0.3) is 11.1 Å². The summed E-state index contributed by atoms with van der Waals surface area (Å²) in [6, 6.07) is 8.50. The first-order chi connectivity index (χ1) is 21.0. The van der Waals surface area contributed by atoms with Crippen molar-refractivity contribution in [1.29, 1.82) is 0 Å². The summed E-state index contributed by atoms with van der Waals surface area (Å²) in [6.07, 6.45) is 0.133. The number of hydroxylamine groups is 1. The predicted molar refractivity (Wildman–Crippen MR) is 156 cm³/mol. The monoisotopic (exact) mass is 634 g/mol. The molecule has 0 saturated heterocycles. The van der Waals surface area contributed by atoms with E-state index in [4.69, 9.17) is 25.8 Å². The molecular formula is C30H36ClFN4O8. The third-order valence-electron chi connectivity index (χ3n) is 7.57. The summed E-state index contributed by atoms with van der Waals surface area (Å²) in [6.45, 7) is 2.85. The minimum Gasteiger partial charge on any atom is -0.696 e. The van der Waals surface area contributed by atoms with E-state index < -0.39 is 54.4 Å². The van der Waals surface area contributed by atoms with Crippen molar-refractivity contribution in [2.45, 2.75) is 95.4 Å². The quantitative estimate of drug-likeness (QED) is 0.139. The van der Waals surface area contributed by atoms with Gasteiger partial charge in [-0.1, -0.05) is 42.3 Å². The average Bonchev–Trinajstić information content (AvgIpc) is 3.32. The zero-order valence-electron chi connectivity index (χ0n) is 24.4. The number of aliphatic hydroxyl groups is 1. The second-order valence-electron chi connectivity index (χ2n) is 11.0. The van der Waals surface area contributed by atoms with Gasteiger partial charge in [-0.3, -0.25) is 4.79 Å². The van der Waals surface area contributed by atoms with E-state index in [0.717, 1.165) is 32.1 Å². The van der Waals surface area contributed by atoms with Crippen LogP contribution in [-0.4, -0.2) is 64.6 Å². The largest absolute Gasteiger partial charge is 0.696 e. The first-order valence-corrected chi connectivity index (χ1v) is 14.9. The van der Waals surface area contributed by atoms with Crippen molar-refractivity contribution in [1.82, 2.24) is 10.7 Å². The van der Waals surface area contributed by atoms with Crippen molar-refractivity contribution in [2.75, 3.05) is 0 Å². The molecule has 3 N–H and O–H groups in total. The molecule has 0 spiro atoms. The van der Waals surface area contributed by atoms with Crippen LogP contribution in [0, 0.1) is 11.0 Å². The zero-order chi connectivity index (χ0) is 31.8. The zero-order valence-corrected chi connectivity index (χ0v) is 25.2. The van der Waals surface area contributed by atoms with Gasteiger partial charge in [0.15, 0.2) is 12.1 Å². The molecule has 1 saturated carbocycles. The lowest BCUT2D eigenvalue weighted by atomic mass is 9.97. The number of hydrogen-bond acceptors (Lipinski definition) is 10. The summed E-state index contributed by atoms with van der Waals surface area (Å²) >= 11 is 6.02. The van der Waals surface area contributed by atoms with Gasteiger partial charge in [-0.05, 0) is 68.4 Å². The van der Waals surface area contributed by atoms with E-state index in [2.05, 4.69) is 16.0 Å². The molecule has 0 radical (unpaired) electrons. The predicted octanol–water partition coefficient (Wildman–Crippen LogP) is 4.54. The Labute approximate surface area is 259 Å². The Morgan fingerprint density at radius 3 is 2.52 bits per heavy atom. The number of aliphatic hydroxyl groups excluding tert-OH is 1. The molecule has 1 aliphatic heterocycles. The standard InChI is InChI=1S/C30H36ClFN4O8/c1-17-27(34-35-36(17)41)28(38)33-22(14-19-8-10-20(11-9-19)24-15-21(31)12-13-25(24)32)16-26(37)29(39)42-18(2)43-30(40)44-23-6-4-3-5-7-23/h8-13,15,17-18,22-23,26-27,34,37H,3-7,14,16H2,1-2H3,(H,33,38)/t17?,18?,22-,26-,27?/m1/s1. The van der Waals surface area contributed by atoms with Gasteiger partial charge in [0.05, 0.1) is 5.22 Å². The van der Waals surface area contributed by atoms with Crippen molar-refractivity contribution >= 4 is 29.6 Å². The number of nitrogens with zero attached hydrogens (tertiary/aromatic N) is 2. The summed E-state index contributed by atoms with van der Waals surface area (Å²) in [5.74, 6) is -2.07. The Morgan fingerprint density at radius 2 is 1.86 bits per heavy atom. The number of halogens is 2. The first kappa shape index (κ1) is 32.9. The number of hydrogen-bond donors (Lipinski definition) is 3. The van der Waals surface area contributed by atoms with Crippen molar-refractivity contribution in [3.8, 4) is 11.1 Å². The highest BCUT2D eigenvalue weighted by Crippen LogP contribution is 2.27. The Bertz CT molecular complexity index is 1360. The van der Waals surface area contributed by atoms with Gasteiger partial charge < -0.3 is 29.8 Å². The highest BCUT2D eigenvalue weighted by atomic mass is 35.5. The summed E-state index contributed by atoms with van der Waals surface area (Å²) < 4.78 is 29.7. The molecule has 0 bridgehead atoms. The molecule has 4 rings (SSSR count). The fraction of sp³-hybridized carbons (Fsp3) is 0.500. The Morgan fingerprint density at radius 1 is 1.16 bits per heavy atom. The van der Waals surface area contributed by atoms with Crippen LogP contribution in [0.15, 0.2) is 47.7 Å². The molecule has 1 amide bonds. The lowest BCUT2D eigenvalue weighted by molar-refractivity contribution is -0.549. The van der Waals surface area contributed by atoms with E-state index in [1.165, 1.54) is 32.0 Å². The van der Waals surface area contributed by atoms with Crippen LogP contribution in [0.4, 0.5) is 9.18 Å². The molecule has 14 heteroatoms. The molecule has 44 heavy (non-hydrogen) atoms. The first-order valence-electron chi connectivity index (χ1n) is 14.5. The van der Waals surface area contributed by atoms with E-state index in [1.807, 2.05) is 0 Å². The number of benzene rings is 2. The number of ether oxygens (including phenoxy) is 3. The Hall–Kier alpha value is -3.97. The highest BCUT2D eigenvalue weighted by Gasteiger charge is 2.38. The summed E-state index contributed by atoms with van der Waals surface area (Å²) in [7, 11) is 0. The van der Waals surface area contributed by atoms with Crippen molar-refractivity contribution in [2.24, 2.45) is 5.22 Å². The molecule has 238 valence electrons. The molecule has 2 aromatic rings. The molecule has 1 aliphatic carbocycles. The topological polar surface area (TPSA) is 162 Å². The van der Waals surface area contributed by atoms with Crippen LogP contribution in [-0.2, 0) is 30.2 Å². The summed E-state index contributed by atoms with van der Waals surface area (Å²) in [5.41, 5.74) is 4.07. The molecule has 5 atom stereocenters. The van der Waals surface area contributed by atoms with Gasteiger partial charge in [-0.2, -0.15) is 10.3 Å². The van der Waals surface area contributed by atoms with Crippen LogP contribution in [0.2, 0.25) is 5.02 Å². The van der Waals surface area contributed by atoms with Crippen LogP contribution < -0.4 is 10.7 Å². The normalized spacial score (nSPS) is 20.4. The van der Waals surface area contributed by atoms with Gasteiger partial charge in [-0.25, -0.2) is 14.0 Å². The van der Waals surface area contributed by atoms with Gasteiger partial charge in [0, 0.05) is 30.0 Å². The van der Waals surface area contributed by atoms with E-state index in [9.17, 15) is 29.1 Å². The lowest BCUT2D eigenvalue weighted by Crippen LogP contribution is -2.51. The van der Waals surface area contributed by atoms with Crippen LogP contribution in [0.3, 0.4) is 0 Å². The number of carbonyl (C=O) groups excluding carboxylic acids is 3. The second-order valence-corrected chi connectivity index (χ2v) is 11.4. The number of nitrogens with one attached hydrogen (secondary N) is 2. The van der Waals surface area contributed by atoms with E-state index in [1.54, 1.807) is 24.3 Å². The van der Waals surface area contributed by atoms with Gasteiger partial charge in [0.2, 0.25) is 12.3 Å². The maximum atomic E-state index is 14.3. The second kappa shape index (κ2) is 15.2. The highest BCUT2D eigenvalue weighted by molar-refractivity contribution is 6.30. The van der Waals surface area contributed by atoms with E-state index >= 15 is 0 Å². The lowest BCUT2D eigenvalue weighted by Gasteiger charge is -2.24. The Kier molecular flexibility index (Phi) is 11.3. The van der Waals surface area contributed by atoms with Gasteiger partial charge in [0.25, 0.3) is 5.91 Å². The van der Waals surface area contributed by atoms with E-state index in [0.29, 0.717) is 26.6 Å². The van der Waals surface area contributed by atoms with Crippen LogP contribution in [0.5, 0.6) is 0 Å². The summed E-state index contributed by atoms with van der Waals surface area (Å²) in [4.78, 5) is 38.1. The third kappa shape index (κ3) is 9.02. The maximum absolute atomic E-state index is 14.3. The van der Waals surface area contributed by atoms with Gasteiger partial charge in [-0.15, -0.1) is 0 Å². The number of amides is 1. The fourth-order valence-electron chi connectivity index (χ4n) is 5.15. The van der Waals surface area contributed by atoms with Crippen LogP contribution in [0.1, 0.15) is 57.9 Å². The molecule has 2 aromatic carbocycles. The van der Waals surface area contributed by atoms with Crippen molar-refractivity contribution in [3.05, 3.63) is 64.1 Å². The molecular weight excluding hydrogens is 599 g/mol. The molecule has 0 aromatic heterocycles. The molecule has 3 unspecified atom stereocenters. The minimum absolute atomic E-state index is 0.160. The Balaban J connectivity index is 1.39. The smallest absolute Gasteiger partial charge is 0.511 e. The van der Waals surface area contributed by atoms with Crippen molar-refractivity contribution < 1.29 is 43.0 Å². The van der Waals surface area contributed by atoms with Crippen molar-refractivity contribution in [3.63, 3.8) is 0 Å². The summed E-state index contributed by atoms with van der Waals surface area (Å²) in [5, 5.41) is 29.1. The number of carbonyl (C=O) groups is 3. The average molecular weight is 635 g/mol. The number of esters is 1. The number of rotatable bonds is 11. The third-order valence-corrected chi connectivity index (χ3v) is 7.80.